The summed E-state index contributed by atoms with van der Waals surface area (Å²) in [5, 5.41) is 10.8. The Morgan fingerprint density at radius 3 is 2.68 bits per heavy atom. The van der Waals surface area contributed by atoms with Gasteiger partial charge in [0, 0.05) is 47.2 Å². The van der Waals surface area contributed by atoms with Crippen molar-refractivity contribution in [2.24, 2.45) is 0 Å². The van der Waals surface area contributed by atoms with Crippen LogP contribution in [0.15, 0.2) is 76.8 Å². The molecule has 1 aliphatic rings. The number of amides is 2. The first-order valence-electron chi connectivity index (χ1n) is 12.5. The third kappa shape index (κ3) is 4.68. The van der Waals surface area contributed by atoms with Crippen molar-refractivity contribution in [3.05, 3.63) is 94.3 Å². The first kappa shape index (κ1) is 24.0. The van der Waals surface area contributed by atoms with E-state index in [9.17, 15) is 9.59 Å². The number of thiazole rings is 1. The zero-order chi connectivity index (χ0) is 26.1. The molecular formula is C29H25N5O3S. The molecule has 9 heteroatoms. The molecule has 0 unspecified atom stereocenters. The average molecular weight is 524 g/mol. The van der Waals surface area contributed by atoms with Crippen molar-refractivity contribution in [3.63, 3.8) is 0 Å². The Morgan fingerprint density at radius 2 is 1.87 bits per heavy atom. The highest BCUT2D eigenvalue weighted by molar-refractivity contribution is 7.10. The SMILES string of the molecule is Cc1onc(-c2ccccc2)c1C(=O)N1CCC(c2nc(C(=O)Nc3ccc4ncccc4c3)cs2)CC1. The van der Waals surface area contributed by atoms with Gasteiger partial charge in [-0.1, -0.05) is 41.6 Å². The Kier molecular flexibility index (Phi) is 6.43. The predicted molar refractivity (Wildman–Crippen MR) is 146 cm³/mol. The Morgan fingerprint density at radius 1 is 1.05 bits per heavy atom. The lowest BCUT2D eigenvalue weighted by atomic mass is 9.96. The fourth-order valence-corrected chi connectivity index (χ4v) is 5.80. The van der Waals surface area contributed by atoms with E-state index in [0.717, 1.165) is 34.3 Å². The zero-order valence-corrected chi connectivity index (χ0v) is 21.6. The van der Waals surface area contributed by atoms with Crippen LogP contribution < -0.4 is 5.32 Å². The topological polar surface area (TPSA) is 101 Å². The van der Waals surface area contributed by atoms with E-state index < -0.39 is 0 Å². The van der Waals surface area contributed by atoms with Crippen molar-refractivity contribution in [3.8, 4) is 11.3 Å². The number of fused-ring (bicyclic) bond motifs is 1. The van der Waals surface area contributed by atoms with Crippen molar-refractivity contribution in [2.75, 3.05) is 18.4 Å². The van der Waals surface area contributed by atoms with Crippen LogP contribution in [0.3, 0.4) is 0 Å². The summed E-state index contributed by atoms with van der Waals surface area (Å²) >= 11 is 1.50. The molecule has 0 aliphatic carbocycles. The van der Waals surface area contributed by atoms with Crippen LogP contribution in [0.25, 0.3) is 22.2 Å². The van der Waals surface area contributed by atoms with E-state index in [4.69, 9.17) is 4.52 Å². The van der Waals surface area contributed by atoms with Gasteiger partial charge in [0.1, 0.15) is 22.7 Å². The third-order valence-corrected chi connectivity index (χ3v) is 7.88. The molecule has 4 heterocycles. The van der Waals surface area contributed by atoms with Gasteiger partial charge >= 0.3 is 0 Å². The maximum absolute atomic E-state index is 13.4. The van der Waals surface area contributed by atoms with E-state index in [2.05, 4.69) is 20.4 Å². The van der Waals surface area contributed by atoms with Crippen molar-refractivity contribution in [2.45, 2.75) is 25.7 Å². The molecule has 38 heavy (non-hydrogen) atoms. The summed E-state index contributed by atoms with van der Waals surface area (Å²) in [7, 11) is 0. The maximum atomic E-state index is 13.4. The molecule has 1 aliphatic heterocycles. The van der Waals surface area contributed by atoms with Crippen molar-refractivity contribution in [1.29, 1.82) is 0 Å². The fraction of sp³-hybridized carbons (Fsp3) is 0.207. The lowest BCUT2D eigenvalue weighted by molar-refractivity contribution is 0.0711. The average Bonchev–Trinajstić information content (AvgIpc) is 3.61. The van der Waals surface area contributed by atoms with E-state index in [1.54, 1.807) is 18.5 Å². The van der Waals surface area contributed by atoms with E-state index in [0.29, 0.717) is 41.5 Å². The quantitative estimate of drug-likeness (QED) is 0.307. The minimum Gasteiger partial charge on any atom is -0.360 e. The summed E-state index contributed by atoms with van der Waals surface area (Å²) in [6.07, 6.45) is 3.31. The number of carbonyl (C=O) groups is 2. The van der Waals surface area contributed by atoms with Crippen molar-refractivity contribution in [1.82, 2.24) is 20.0 Å². The molecule has 1 saturated heterocycles. The number of nitrogens with one attached hydrogen (secondary N) is 1. The summed E-state index contributed by atoms with van der Waals surface area (Å²) < 4.78 is 5.39. The predicted octanol–water partition coefficient (Wildman–Crippen LogP) is 5.93. The minimum absolute atomic E-state index is 0.0640. The van der Waals surface area contributed by atoms with Gasteiger partial charge in [-0.25, -0.2) is 4.98 Å². The molecule has 2 amide bonds. The van der Waals surface area contributed by atoms with Gasteiger partial charge in [-0.2, -0.15) is 0 Å². The van der Waals surface area contributed by atoms with Crippen LogP contribution in [-0.4, -0.2) is 44.9 Å². The number of aromatic nitrogens is 3. The first-order chi connectivity index (χ1) is 18.6. The molecule has 0 radical (unpaired) electrons. The molecule has 0 atom stereocenters. The number of piperidine rings is 1. The van der Waals surface area contributed by atoms with E-state index in [1.165, 1.54) is 11.3 Å². The van der Waals surface area contributed by atoms with Gasteiger partial charge in [0.25, 0.3) is 11.8 Å². The van der Waals surface area contributed by atoms with E-state index in [1.807, 2.05) is 65.6 Å². The number of rotatable bonds is 5. The van der Waals surface area contributed by atoms with Gasteiger partial charge in [0.15, 0.2) is 0 Å². The Hall–Kier alpha value is -4.37. The number of anilines is 1. The normalized spacial score (nSPS) is 14.1. The van der Waals surface area contributed by atoms with Crippen LogP contribution in [0.5, 0.6) is 0 Å². The van der Waals surface area contributed by atoms with Crippen LogP contribution in [0.1, 0.15) is 50.4 Å². The summed E-state index contributed by atoms with van der Waals surface area (Å²) in [6, 6.07) is 19.1. The van der Waals surface area contributed by atoms with Crippen LogP contribution in [0, 0.1) is 6.92 Å². The molecule has 6 rings (SSSR count). The highest BCUT2D eigenvalue weighted by Crippen LogP contribution is 2.33. The van der Waals surface area contributed by atoms with Crippen LogP contribution in [-0.2, 0) is 0 Å². The number of pyridine rings is 1. The van der Waals surface area contributed by atoms with Gasteiger partial charge in [-0.05, 0) is 44.0 Å². The third-order valence-electron chi connectivity index (χ3n) is 6.87. The molecule has 0 saturated carbocycles. The number of hydrogen-bond donors (Lipinski definition) is 1. The van der Waals surface area contributed by atoms with Gasteiger partial charge in [-0.3, -0.25) is 14.6 Å². The lowest BCUT2D eigenvalue weighted by Crippen LogP contribution is -2.38. The van der Waals surface area contributed by atoms with Crippen LogP contribution in [0.4, 0.5) is 5.69 Å². The zero-order valence-electron chi connectivity index (χ0n) is 20.8. The number of benzene rings is 2. The fourth-order valence-electron chi connectivity index (χ4n) is 4.83. The minimum atomic E-state index is -0.236. The standard InChI is InChI=1S/C29H25N5O3S/c1-18-25(26(33-37-18)19-6-3-2-4-7-19)29(36)34-14-11-20(12-15-34)28-32-24(17-38-28)27(35)31-22-9-10-23-21(16-22)8-5-13-30-23/h2-10,13,16-17,20H,11-12,14-15H2,1H3,(H,31,35). The Bertz CT molecular complexity index is 1620. The number of carbonyl (C=O) groups excluding carboxylic acids is 2. The van der Waals surface area contributed by atoms with Gasteiger partial charge in [-0.15, -0.1) is 11.3 Å². The highest BCUT2D eigenvalue weighted by atomic mass is 32.1. The summed E-state index contributed by atoms with van der Waals surface area (Å²) in [6.45, 7) is 2.99. The summed E-state index contributed by atoms with van der Waals surface area (Å²) in [5.74, 6) is 0.425. The van der Waals surface area contributed by atoms with Crippen LogP contribution >= 0.6 is 11.3 Å². The molecule has 3 aromatic heterocycles. The molecular weight excluding hydrogens is 498 g/mol. The molecule has 5 aromatic rings. The Labute approximate surface area is 223 Å². The molecule has 190 valence electrons. The second kappa shape index (κ2) is 10.2. The van der Waals surface area contributed by atoms with Crippen molar-refractivity contribution >= 4 is 39.7 Å². The van der Waals surface area contributed by atoms with Gasteiger partial charge < -0.3 is 14.7 Å². The monoisotopic (exact) mass is 523 g/mol. The second-order valence-corrected chi connectivity index (χ2v) is 10.2. The molecule has 1 N–H and O–H groups in total. The highest BCUT2D eigenvalue weighted by Gasteiger charge is 2.31. The smallest absolute Gasteiger partial charge is 0.275 e. The molecule has 0 spiro atoms. The lowest BCUT2D eigenvalue weighted by Gasteiger charge is -2.31. The summed E-state index contributed by atoms with van der Waals surface area (Å²) in [5.41, 5.74) is 3.94. The molecule has 8 nitrogen and oxygen atoms in total. The largest absolute Gasteiger partial charge is 0.360 e. The first-order valence-corrected chi connectivity index (χ1v) is 13.4. The number of likely N-dealkylation sites (tertiary alicyclic amines) is 1. The molecule has 1 fully saturated rings. The molecule has 0 bridgehead atoms. The maximum Gasteiger partial charge on any atom is 0.275 e. The van der Waals surface area contributed by atoms with E-state index in [-0.39, 0.29) is 17.7 Å². The number of hydrogen-bond acceptors (Lipinski definition) is 7. The number of nitrogens with zero attached hydrogens (tertiary/aromatic N) is 4. The van der Waals surface area contributed by atoms with E-state index >= 15 is 0 Å². The van der Waals surface area contributed by atoms with Gasteiger partial charge in [0.2, 0.25) is 0 Å². The number of aryl methyl sites for hydroxylation is 1. The van der Waals surface area contributed by atoms with Gasteiger partial charge in [0.05, 0.1) is 10.5 Å². The second-order valence-electron chi connectivity index (χ2n) is 9.33. The van der Waals surface area contributed by atoms with Crippen molar-refractivity contribution < 1.29 is 14.1 Å². The Balaban J connectivity index is 1.10. The molecule has 2 aromatic carbocycles. The summed E-state index contributed by atoms with van der Waals surface area (Å²) in [4.78, 5) is 37.1. The van der Waals surface area contributed by atoms with Crippen LogP contribution in [0.2, 0.25) is 0 Å².